The van der Waals surface area contributed by atoms with Crippen LogP contribution in [0, 0.1) is 5.92 Å². The van der Waals surface area contributed by atoms with Gasteiger partial charge in [0.1, 0.15) is 17.0 Å². The van der Waals surface area contributed by atoms with Crippen LogP contribution in [0.5, 0.6) is 0 Å². The molecule has 34 heavy (non-hydrogen) atoms. The minimum atomic E-state index is -0.410. The molecule has 0 radical (unpaired) electrons. The Morgan fingerprint density at radius 1 is 1.21 bits per heavy atom. The van der Waals surface area contributed by atoms with Gasteiger partial charge in [0.2, 0.25) is 0 Å². The SMILES string of the molecule is CNc1cc(-c2cn([C@@H]3CCCC3C)c3ncccc23)nc2c(C(=O)N[C@H]3CCC3=O)cnn12. The van der Waals surface area contributed by atoms with Crippen molar-refractivity contribution in [3.8, 4) is 11.3 Å². The Balaban J connectivity index is 1.49. The number of fused-ring (bicyclic) bond motifs is 2. The van der Waals surface area contributed by atoms with Crippen LogP contribution >= 0.6 is 0 Å². The van der Waals surface area contributed by atoms with E-state index in [4.69, 9.17) is 9.97 Å². The smallest absolute Gasteiger partial charge is 0.257 e. The second-order valence-corrected chi connectivity index (χ2v) is 9.40. The van der Waals surface area contributed by atoms with Gasteiger partial charge in [-0.15, -0.1) is 0 Å². The molecule has 6 rings (SSSR count). The van der Waals surface area contributed by atoms with Crippen molar-refractivity contribution in [3.63, 3.8) is 0 Å². The first-order chi connectivity index (χ1) is 16.5. The molecule has 9 heteroatoms. The number of Topliss-reactive ketones (excluding diaryl/α,β-unsaturated/α-hetero) is 1. The van der Waals surface area contributed by atoms with Crippen LogP contribution in [0.25, 0.3) is 27.9 Å². The summed E-state index contributed by atoms with van der Waals surface area (Å²) in [5, 5.41) is 11.4. The van der Waals surface area contributed by atoms with Gasteiger partial charge in [0.15, 0.2) is 11.4 Å². The quantitative estimate of drug-likeness (QED) is 0.474. The van der Waals surface area contributed by atoms with E-state index in [1.54, 1.807) is 4.52 Å². The van der Waals surface area contributed by atoms with Gasteiger partial charge in [-0.1, -0.05) is 13.3 Å². The van der Waals surface area contributed by atoms with Crippen LogP contribution in [0.1, 0.15) is 55.4 Å². The second-order valence-electron chi connectivity index (χ2n) is 9.40. The summed E-state index contributed by atoms with van der Waals surface area (Å²) in [6.45, 7) is 2.31. The number of pyridine rings is 1. The highest BCUT2D eigenvalue weighted by Crippen LogP contribution is 2.40. The molecule has 0 aliphatic heterocycles. The maximum absolute atomic E-state index is 13.0. The fourth-order valence-electron chi connectivity index (χ4n) is 5.31. The monoisotopic (exact) mass is 457 g/mol. The summed E-state index contributed by atoms with van der Waals surface area (Å²) in [4.78, 5) is 34.3. The molecule has 4 aromatic heterocycles. The average molecular weight is 458 g/mol. The third-order valence-corrected chi connectivity index (χ3v) is 7.39. The Hall–Kier alpha value is -3.75. The topological polar surface area (TPSA) is 106 Å². The highest BCUT2D eigenvalue weighted by Gasteiger charge is 2.31. The minimum Gasteiger partial charge on any atom is -0.373 e. The van der Waals surface area contributed by atoms with E-state index in [2.05, 4.69) is 39.5 Å². The summed E-state index contributed by atoms with van der Waals surface area (Å²) in [6, 6.07) is 5.97. The zero-order valence-corrected chi connectivity index (χ0v) is 19.3. The summed E-state index contributed by atoms with van der Waals surface area (Å²) < 4.78 is 3.93. The number of carbonyl (C=O) groups excluding carboxylic acids is 2. The number of aromatic nitrogens is 5. The first-order valence-corrected chi connectivity index (χ1v) is 11.9. The first-order valence-electron chi connectivity index (χ1n) is 11.9. The molecule has 0 saturated heterocycles. The van der Waals surface area contributed by atoms with Crippen molar-refractivity contribution >= 4 is 34.2 Å². The third kappa shape index (κ3) is 3.18. The van der Waals surface area contributed by atoms with Crippen LogP contribution in [-0.4, -0.2) is 48.9 Å². The van der Waals surface area contributed by atoms with Gasteiger partial charge in [0, 0.05) is 48.9 Å². The number of anilines is 1. The lowest BCUT2D eigenvalue weighted by Gasteiger charge is -2.24. The van der Waals surface area contributed by atoms with Crippen LogP contribution < -0.4 is 10.6 Å². The van der Waals surface area contributed by atoms with Crippen LogP contribution in [-0.2, 0) is 4.79 Å². The Labute approximate surface area is 196 Å². The van der Waals surface area contributed by atoms with E-state index < -0.39 is 6.04 Å². The number of nitrogens with zero attached hydrogens (tertiary/aromatic N) is 5. The van der Waals surface area contributed by atoms with Gasteiger partial charge in [-0.2, -0.15) is 9.61 Å². The lowest BCUT2D eigenvalue weighted by atomic mass is 9.91. The van der Waals surface area contributed by atoms with Gasteiger partial charge in [-0.3, -0.25) is 9.59 Å². The van der Waals surface area contributed by atoms with Crippen LogP contribution in [0.4, 0.5) is 5.82 Å². The summed E-state index contributed by atoms with van der Waals surface area (Å²) in [6.07, 6.45) is 10.3. The van der Waals surface area contributed by atoms with Crippen molar-refractivity contribution in [3.05, 3.63) is 42.4 Å². The molecule has 2 N–H and O–H groups in total. The van der Waals surface area contributed by atoms with E-state index in [1.807, 2.05) is 25.4 Å². The van der Waals surface area contributed by atoms with Gasteiger partial charge in [0.25, 0.3) is 5.91 Å². The first kappa shape index (κ1) is 20.8. The molecule has 2 aliphatic carbocycles. The maximum atomic E-state index is 13.0. The number of hydrogen-bond donors (Lipinski definition) is 2. The van der Waals surface area contributed by atoms with Gasteiger partial charge >= 0.3 is 0 Å². The molecule has 9 nitrogen and oxygen atoms in total. The zero-order chi connectivity index (χ0) is 23.4. The fraction of sp³-hybridized carbons (Fsp3) is 0.400. The molecular weight excluding hydrogens is 430 g/mol. The van der Waals surface area contributed by atoms with E-state index in [-0.39, 0.29) is 11.7 Å². The number of ketones is 1. The molecule has 1 amide bonds. The fourth-order valence-corrected chi connectivity index (χ4v) is 5.31. The molecule has 0 bridgehead atoms. The molecule has 2 fully saturated rings. The van der Waals surface area contributed by atoms with Crippen molar-refractivity contribution in [1.82, 2.24) is 29.5 Å². The predicted molar refractivity (Wildman–Crippen MR) is 129 cm³/mol. The summed E-state index contributed by atoms with van der Waals surface area (Å²) in [5.41, 5.74) is 3.48. The van der Waals surface area contributed by atoms with Gasteiger partial charge in [-0.05, 0) is 37.3 Å². The van der Waals surface area contributed by atoms with Gasteiger partial charge < -0.3 is 15.2 Å². The molecule has 4 aromatic rings. The molecule has 174 valence electrons. The minimum absolute atomic E-state index is 0.0656. The van der Waals surface area contributed by atoms with Crippen molar-refractivity contribution < 1.29 is 9.59 Å². The normalized spacial score (nSPS) is 22.3. The summed E-state index contributed by atoms with van der Waals surface area (Å²) in [7, 11) is 1.82. The molecule has 0 aromatic carbocycles. The molecule has 3 atom stereocenters. The lowest BCUT2D eigenvalue weighted by Crippen LogP contribution is -2.47. The number of amides is 1. The van der Waals surface area contributed by atoms with Crippen LogP contribution in [0.15, 0.2) is 36.8 Å². The maximum Gasteiger partial charge on any atom is 0.257 e. The van der Waals surface area contributed by atoms with E-state index in [1.165, 1.54) is 19.0 Å². The van der Waals surface area contributed by atoms with E-state index in [9.17, 15) is 9.59 Å². The molecule has 2 saturated carbocycles. The summed E-state index contributed by atoms with van der Waals surface area (Å²) in [5.74, 6) is 1.05. The van der Waals surface area contributed by atoms with E-state index in [0.717, 1.165) is 34.5 Å². The van der Waals surface area contributed by atoms with Crippen LogP contribution in [0.3, 0.4) is 0 Å². The lowest BCUT2D eigenvalue weighted by molar-refractivity contribution is -0.126. The van der Waals surface area contributed by atoms with Crippen molar-refractivity contribution in [1.29, 1.82) is 0 Å². The number of carbonyl (C=O) groups is 2. The summed E-state index contributed by atoms with van der Waals surface area (Å²) >= 11 is 0. The van der Waals surface area contributed by atoms with Crippen molar-refractivity contribution in [2.24, 2.45) is 5.92 Å². The Morgan fingerprint density at radius 2 is 2.09 bits per heavy atom. The van der Waals surface area contributed by atoms with E-state index >= 15 is 0 Å². The van der Waals surface area contributed by atoms with Gasteiger partial charge in [-0.25, -0.2) is 9.97 Å². The third-order valence-electron chi connectivity index (χ3n) is 7.39. The van der Waals surface area contributed by atoms with Crippen molar-refractivity contribution in [2.75, 3.05) is 12.4 Å². The molecular formula is C25H27N7O2. The Kier molecular flexibility index (Phi) is 4.86. The highest BCUT2D eigenvalue weighted by molar-refractivity contribution is 6.04. The molecule has 0 spiro atoms. The zero-order valence-electron chi connectivity index (χ0n) is 19.3. The molecule has 2 aliphatic rings. The Bertz CT molecular complexity index is 1440. The largest absolute Gasteiger partial charge is 0.373 e. The second kappa shape index (κ2) is 7.93. The number of rotatable bonds is 5. The number of hydrogen-bond acceptors (Lipinski definition) is 6. The highest BCUT2D eigenvalue weighted by atomic mass is 16.2. The molecule has 4 heterocycles. The van der Waals surface area contributed by atoms with Gasteiger partial charge in [0.05, 0.1) is 17.9 Å². The number of nitrogens with one attached hydrogen (secondary N) is 2. The standard InChI is InChI=1S/C25H27N7O2/c1-14-5-3-7-20(14)31-13-17(15-6-4-10-27-23(15)31)19-11-22(26-2)32-24(29-19)16(12-28-32)25(34)30-18-8-9-21(18)33/h4,6,10-14,18,20,26H,3,5,7-9H2,1-2H3,(H,30,34)/t14?,18-,20+/m0/s1. The van der Waals surface area contributed by atoms with Crippen LogP contribution in [0.2, 0.25) is 0 Å². The molecule has 1 unspecified atom stereocenters. The average Bonchev–Trinajstić information content (AvgIpc) is 3.57. The predicted octanol–water partition coefficient (Wildman–Crippen LogP) is 3.61. The Morgan fingerprint density at radius 3 is 2.79 bits per heavy atom. The van der Waals surface area contributed by atoms with E-state index in [0.29, 0.717) is 36.0 Å². The van der Waals surface area contributed by atoms with Crippen molar-refractivity contribution in [2.45, 2.75) is 51.1 Å².